The van der Waals surface area contributed by atoms with E-state index < -0.39 is 10.5 Å². The lowest BCUT2D eigenvalue weighted by Gasteiger charge is -2.29. The van der Waals surface area contributed by atoms with Gasteiger partial charge in [-0.15, -0.1) is 0 Å². The second-order valence-electron chi connectivity index (χ2n) is 5.46. The summed E-state index contributed by atoms with van der Waals surface area (Å²) in [7, 11) is 0. The molecule has 0 saturated carbocycles. The summed E-state index contributed by atoms with van der Waals surface area (Å²) in [5.74, 6) is 0.157. The molecule has 106 valence electrons. The van der Waals surface area contributed by atoms with Crippen LogP contribution in [-0.4, -0.2) is 22.2 Å². The van der Waals surface area contributed by atoms with Gasteiger partial charge in [-0.2, -0.15) is 0 Å². The van der Waals surface area contributed by atoms with Gasteiger partial charge in [0.2, 0.25) is 0 Å². The molecule has 5 nitrogen and oxygen atoms in total. The summed E-state index contributed by atoms with van der Waals surface area (Å²) in [6.07, 6.45) is 0. The molecule has 0 bridgehead atoms. The summed E-state index contributed by atoms with van der Waals surface area (Å²) in [4.78, 5) is 10.2. The van der Waals surface area contributed by atoms with Crippen LogP contribution >= 0.6 is 0 Å². The van der Waals surface area contributed by atoms with Gasteiger partial charge in [0.05, 0.1) is 10.5 Å². The maximum atomic E-state index is 10.6. The smallest absolute Gasteiger partial charge is 0.269 e. The van der Waals surface area contributed by atoms with Crippen molar-refractivity contribution >= 4 is 5.69 Å². The van der Waals surface area contributed by atoms with Crippen LogP contribution < -0.4 is 5.32 Å². The molecule has 0 fully saturated rings. The van der Waals surface area contributed by atoms with Crippen molar-refractivity contribution < 1.29 is 10.0 Å². The average molecular weight is 266 g/mol. The zero-order valence-electron chi connectivity index (χ0n) is 11.9. The van der Waals surface area contributed by atoms with Crippen molar-refractivity contribution in [1.29, 1.82) is 0 Å². The van der Waals surface area contributed by atoms with Gasteiger partial charge in [-0.05, 0) is 25.3 Å². The van der Waals surface area contributed by atoms with Crippen molar-refractivity contribution in [3.05, 3.63) is 39.9 Å². The summed E-state index contributed by atoms with van der Waals surface area (Å²) in [5.41, 5.74) is 0.282. The maximum absolute atomic E-state index is 10.6. The largest absolute Gasteiger partial charge is 0.389 e. The van der Waals surface area contributed by atoms with E-state index in [1.165, 1.54) is 12.1 Å². The van der Waals surface area contributed by atoms with Crippen molar-refractivity contribution in [2.24, 2.45) is 5.92 Å². The molecule has 0 heterocycles. The zero-order chi connectivity index (χ0) is 14.6. The van der Waals surface area contributed by atoms with E-state index in [1.54, 1.807) is 19.1 Å². The second kappa shape index (κ2) is 6.12. The van der Waals surface area contributed by atoms with E-state index in [4.69, 9.17) is 0 Å². The molecule has 1 aromatic carbocycles. The zero-order valence-corrected chi connectivity index (χ0v) is 11.9. The number of rotatable bonds is 6. The van der Waals surface area contributed by atoms with E-state index >= 15 is 0 Å². The minimum Gasteiger partial charge on any atom is -0.389 e. The molecule has 0 aliphatic carbocycles. The van der Waals surface area contributed by atoms with Crippen molar-refractivity contribution in [1.82, 2.24) is 5.32 Å². The lowest BCUT2D eigenvalue weighted by atomic mass is 9.92. The van der Waals surface area contributed by atoms with Crippen molar-refractivity contribution in [2.45, 2.75) is 39.3 Å². The number of benzene rings is 1. The fourth-order valence-corrected chi connectivity index (χ4v) is 1.57. The summed E-state index contributed by atoms with van der Waals surface area (Å²) >= 11 is 0. The van der Waals surface area contributed by atoms with Gasteiger partial charge >= 0.3 is 0 Å². The molecular formula is C14H22N2O3. The molecule has 0 radical (unpaired) electrons. The number of nitro benzene ring substituents is 1. The normalized spacial score (nSPS) is 16.1. The van der Waals surface area contributed by atoms with E-state index in [-0.39, 0.29) is 17.6 Å². The molecule has 0 amide bonds. The number of aliphatic hydroxyl groups is 1. The SMILES string of the molecule is CC(NCC(C)(O)C(C)C)c1ccc([N+](=O)[O-])cc1. The van der Waals surface area contributed by atoms with Crippen LogP contribution in [0.15, 0.2) is 24.3 Å². The van der Waals surface area contributed by atoms with E-state index in [0.29, 0.717) is 6.54 Å². The molecule has 0 aromatic heterocycles. The number of nitrogens with one attached hydrogen (secondary N) is 1. The van der Waals surface area contributed by atoms with E-state index in [0.717, 1.165) is 5.56 Å². The highest BCUT2D eigenvalue weighted by atomic mass is 16.6. The molecule has 1 aromatic rings. The van der Waals surface area contributed by atoms with Crippen LogP contribution in [0, 0.1) is 16.0 Å². The molecule has 5 heteroatoms. The molecule has 2 atom stereocenters. The first kappa shape index (κ1) is 15.6. The molecule has 2 N–H and O–H groups in total. The van der Waals surface area contributed by atoms with Crippen LogP contribution in [-0.2, 0) is 0 Å². The van der Waals surface area contributed by atoms with Crippen LogP contribution in [0.3, 0.4) is 0 Å². The third-order valence-electron chi connectivity index (χ3n) is 3.61. The molecular weight excluding hydrogens is 244 g/mol. The highest BCUT2D eigenvalue weighted by molar-refractivity contribution is 5.34. The number of hydrogen-bond acceptors (Lipinski definition) is 4. The summed E-state index contributed by atoms with van der Waals surface area (Å²) in [5, 5.41) is 24.0. The van der Waals surface area contributed by atoms with Gasteiger partial charge in [0.25, 0.3) is 5.69 Å². The van der Waals surface area contributed by atoms with Gasteiger partial charge in [-0.1, -0.05) is 26.0 Å². The maximum Gasteiger partial charge on any atom is 0.269 e. The Labute approximate surface area is 113 Å². The molecule has 0 aliphatic rings. The second-order valence-corrected chi connectivity index (χ2v) is 5.46. The predicted molar refractivity (Wildman–Crippen MR) is 75.0 cm³/mol. The van der Waals surface area contributed by atoms with Crippen LogP contribution in [0.4, 0.5) is 5.69 Å². The Balaban J connectivity index is 2.63. The summed E-state index contributed by atoms with van der Waals surface area (Å²) in [6.45, 7) is 8.18. The Morgan fingerprint density at radius 1 is 1.32 bits per heavy atom. The minimum atomic E-state index is -0.769. The number of nitro groups is 1. The Bertz CT molecular complexity index is 427. The van der Waals surface area contributed by atoms with Crippen LogP contribution in [0.2, 0.25) is 0 Å². The standard InChI is InChI=1S/C14H22N2O3/c1-10(2)14(4,17)9-15-11(3)12-5-7-13(8-6-12)16(18)19/h5-8,10-11,15,17H,9H2,1-4H3. The Morgan fingerprint density at radius 3 is 2.26 bits per heavy atom. The number of nitrogens with zero attached hydrogens (tertiary/aromatic N) is 1. The minimum absolute atomic E-state index is 0.0334. The Morgan fingerprint density at radius 2 is 1.84 bits per heavy atom. The van der Waals surface area contributed by atoms with Crippen molar-refractivity contribution in [2.75, 3.05) is 6.54 Å². The molecule has 0 saturated heterocycles. The van der Waals surface area contributed by atoms with Crippen molar-refractivity contribution in [3.8, 4) is 0 Å². The van der Waals surface area contributed by atoms with Gasteiger partial charge in [-0.25, -0.2) is 0 Å². The molecule has 0 aliphatic heterocycles. The highest BCUT2D eigenvalue weighted by Crippen LogP contribution is 2.20. The van der Waals surface area contributed by atoms with Crippen LogP contribution in [0.1, 0.15) is 39.3 Å². The summed E-state index contributed by atoms with van der Waals surface area (Å²) in [6, 6.07) is 6.49. The lowest BCUT2D eigenvalue weighted by molar-refractivity contribution is -0.384. The third-order valence-corrected chi connectivity index (χ3v) is 3.61. The molecule has 1 rings (SSSR count). The van der Waals surface area contributed by atoms with Crippen LogP contribution in [0.25, 0.3) is 0 Å². The summed E-state index contributed by atoms with van der Waals surface area (Å²) < 4.78 is 0. The number of hydrogen-bond donors (Lipinski definition) is 2. The van der Waals surface area contributed by atoms with Gasteiger partial charge in [-0.3, -0.25) is 10.1 Å². The Kier molecular flexibility index (Phi) is 5.03. The van der Waals surface area contributed by atoms with E-state index in [9.17, 15) is 15.2 Å². The third kappa shape index (κ3) is 4.29. The first-order valence-corrected chi connectivity index (χ1v) is 6.44. The average Bonchev–Trinajstić information content (AvgIpc) is 2.36. The van der Waals surface area contributed by atoms with E-state index in [2.05, 4.69) is 5.32 Å². The Hall–Kier alpha value is -1.46. The van der Waals surface area contributed by atoms with Crippen LogP contribution in [0.5, 0.6) is 0 Å². The quantitative estimate of drug-likeness (QED) is 0.613. The monoisotopic (exact) mass is 266 g/mol. The van der Waals surface area contributed by atoms with Gasteiger partial charge in [0, 0.05) is 24.7 Å². The highest BCUT2D eigenvalue weighted by Gasteiger charge is 2.25. The van der Waals surface area contributed by atoms with Crippen molar-refractivity contribution in [3.63, 3.8) is 0 Å². The fourth-order valence-electron chi connectivity index (χ4n) is 1.57. The number of non-ortho nitro benzene ring substituents is 1. The lowest BCUT2D eigenvalue weighted by Crippen LogP contribution is -2.42. The van der Waals surface area contributed by atoms with Gasteiger partial charge in [0.15, 0.2) is 0 Å². The first-order valence-electron chi connectivity index (χ1n) is 6.44. The molecule has 19 heavy (non-hydrogen) atoms. The topological polar surface area (TPSA) is 75.4 Å². The molecule has 2 unspecified atom stereocenters. The molecule has 0 spiro atoms. The predicted octanol–water partition coefficient (Wildman–Crippen LogP) is 2.65. The fraction of sp³-hybridized carbons (Fsp3) is 0.571. The first-order chi connectivity index (χ1) is 8.74. The van der Waals surface area contributed by atoms with E-state index in [1.807, 2.05) is 20.8 Å². The van der Waals surface area contributed by atoms with Gasteiger partial charge in [0.1, 0.15) is 0 Å². The van der Waals surface area contributed by atoms with Gasteiger partial charge < -0.3 is 10.4 Å².